The van der Waals surface area contributed by atoms with E-state index >= 15 is 0 Å². The summed E-state index contributed by atoms with van der Waals surface area (Å²) in [5.74, 6) is -1.39. The summed E-state index contributed by atoms with van der Waals surface area (Å²) in [6, 6.07) is 6.54. The van der Waals surface area contributed by atoms with E-state index in [1.165, 1.54) is 0 Å². The van der Waals surface area contributed by atoms with Crippen LogP contribution in [0.1, 0.15) is 37.8 Å². The van der Waals surface area contributed by atoms with Crippen LogP contribution >= 0.6 is 0 Å². The first-order valence-electron chi connectivity index (χ1n) is 6.79. The average Bonchev–Trinajstić information content (AvgIpc) is 2.88. The Morgan fingerprint density at radius 3 is 2.60 bits per heavy atom. The highest BCUT2D eigenvalue weighted by atomic mass is 16.4. The number of carboxylic acid groups (broad SMARTS) is 1. The number of carbonyl (C=O) groups excluding carboxylic acids is 1. The number of rotatable bonds is 4. The van der Waals surface area contributed by atoms with E-state index in [4.69, 9.17) is 5.11 Å². The summed E-state index contributed by atoms with van der Waals surface area (Å²) in [7, 11) is 0. The van der Waals surface area contributed by atoms with Crippen LogP contribution in [0.2, 0.25) is 0 Å². The lowest BCUT2D eigenvalue weighted by molar-refractivity contribution is -0.141. The monoisotopic (exact) mass is 277 g/mol. The number of carboxylic acids is 1. The third-order valence-corrected chi connectivity index (χ3v) is 3.88. The zero-order valence-electron chi connectivity index (χ0n) is 11.4. The first kappa shape index (κ1) is 14.4. The number of aromatic hydroxyl groups is 1. The Morgan fingerprint density at radius 1 is 1.30 bits per heavy atom. The molecule has 1 aliphatic rings. The summed E-state index contributed by atoms with van der Waals surface area (Å²) in [4.78, 5) is 23.0. The van der Waals surface area contributed by atoms with Gasteiger partial charge in [0.25, 0.3) is 0 Å². The van der Waals surface area contributed by atoms with Crippen LogP contribution in [0.5, 0.6) is 5.75 Å². The molecule has 5 nitrogen and oxygen atoms in total. The second-order valence-corrected chi connectivity index (χ2v) is 5.37. The number of hydrogen-bond donors (Lipinski definition) is 3. The fraction of sp³-hybridized carbons (Fsp3) is 0.467. The van der Waals surface area contributed by atoms with Gasteiger partial charge < -0.3 is 15.5 Å². The fourth-order valence-electron chi connectivity index (χ4n) is 2.65. The van der Waals surface area contributed by atoms with Gasteiger partial charge in [-0.15, -0.1) is 0 Å². The second-order valence-electron chi connectivity index (χ2n) is 5.37. The first-order chi connectivity index (χ1) is 9.47. The summed E-state index contributed by atoms with van der Waals surface area (Å²) >= 11 is 0. The van der Waals surface area contributed by atoms with Gasteiger partial charge in [-0.25, -0.2) is 0 Å². The largest absolute Gasteiger partial charge is 0.508 e. The van der Waals surface area contributed by atoms with Crippen molar-refractivity contribution in [2.45, 2.75) is 32.2 Å². The van der Waals surface area contributed by atoms with Crippen molar-refractivity contribution in [3.05, 3.63) is 29.8 Å². The van der Waals surface area contributed by atoms with Gasteiger partial charge in [0.05, 0.1) is 12.0 Å². The Balaban J connectivity index is 1.93. The molecule has 1 unspecified atom stereocenters. The quantitative estimate of drug-likeness (QED) is 0.786. The molecule has 108 valence electrons. The Kier molecular flexibility index (Phi) is 4.27. The number of benzene rings is 1. The molecule has 0 aromatic heterocycles. The third kappa shape index (κ3) is 3.29. The van der Waals surface area contributed by atoms with Gasteiger partial charge in [-0.2, -0.15) is 0 Å². The van der Waals surface area contributed by atoms with Crippen molar-refractivity contribution in [3.63, 3.8) is 0 Å². The topological polar surface area (TPSA) is 86.6 Å². The fourth-order valence-corrected chi connectivity index (χ4v) is 2.65. The Hall–Kier alpha value is -2.04. The van der Waals surface area contributed by atoms with Crippen LogP contribution in [0.25, 0.3) is 0 Å². The van der Waals surface area contributed by atoms with Gasteiger partial charge in [-0.1, -0.05) is 12.1 Å². The Labute approximate surface area is 117 Å². The maximum Gasteiger partial charge on any atom is 0.306 e. The van der Waals surface area contributed by atoms with Crippen LogP contribution in [0, 0.1) is 11.8 Å². The average molecular weight is 277 g/mol. The second kappa shape index (κ2) is 5.94. The van der Waals surface area contributed by atoms with Crippen LogP contribution in [0.4, 0.5) is 0 Å². The molecule has 2 rings (SSSR count). The van der Waals surface area contributed by atoms with E-state index in [1.807, 2.05) is 13.0 Å². The van der Waals surface area contributed by atoms with Crippen LogP contribution < -0.4 is 5.32 Å². The predicted octanol–water partition coefficient (Wildman–Crippen LogP) is 2.07. The van der Waals surface area contributed by atoms with E-state index in [-0.39, 0.29) is 23.6 Å². The molecule has 20 heavy (non-hydrogen) atoms. The number of amides is 1. The first-order valence-corrected chi connectivity index (χ1v) is 6.79. The molecule has 3 atom stereocenters. The molecule has 0 heterocycles. The van der Waals surface area contributed by atoms with Gasteiger partial charge in [0.1, 0.15) is 5.75 Å². The molecule has 0 spiro atoms. The number of phenolic OH excluding ortho intramolecular Hbond substituents is 1. The molecule has 5 heteroatoms. The smallest absolute Gasteiger partial charge is 0.306 e. The molecule has 1 aromatic carbocycles. The van der Waals surface area contributed by atoms with Gasteiger partial charge >= 0.3 is 5.97 Å². The van der Waals surface area contributed by atoms with Gasteiger partial charge in [0, 0.05) is 5.92 Å². The van der Waals surface area contributed by atoms with E-state index in [2.05, 4.69) is 5.32 Å². The molecular weight excluding hydrogens is 258 g/mol. The van der Waals surface area contributed by atoms with Crippen molar-refractivity contribution < 1.29 is 19.8 Å². The summed E-state index contributed by atoms with van der Waals surface area (Å²) in [6.45, 7) is 1.84. The number of carbonyl (C=O) groups is 2. The minimum atomic E-state index is -0.818. The van der Waals surface area contributed by atoms with Crippen LogP contribution in [-0.2, 0) is 9.59 Å². The molecule has 0 saturated heterocycles. The van der Waals surface area contributed by atoms with Gasteiger partial charge in [0.15, 0.2) is 0 Å². The van der Waals surface area contributed by atoms with Gasteiger partial charge in [-0.05, 0) is 43.9 Å². The minimum Gasteiger partial charge on any atom is -0.508 e. The highest BCUT2D eigenvalue weighted by molar-refractivity contribution is 5.81. The van der Waals surface area contributed by atoms with Crippen LogP contribution in [0.3, 0.4) is 0 Å². The molecule has 3 N–H and O–H groups in total. The number of phenols is 1. The van der Waals surface area contributed by atoms with E-state index in [0.29, 0.717) is 19.3 Å². The van der Waals surface area contributed by atoms with Gasteiger partial charge in [0.2, 0.25) is 5.91 Å². The van der Waals surface area contributed by atoms with Crippen LogP contribution in [0.15, 0.2) is 24.3 Å². The normalized spacial score (nSPS) is 23.2. The molecule has 1 aromatic rings. The Morgan fingerprint density at radius 2 is 2.00 bits per heavy atom. The summed E-state index contributed by atoms with van der Waals surface area (Å²) < 4.78 is 0. The zero-order chi connectivity index (χ0) is 14.7. The molecule has 0 radical (unpaired) electrons. The van der Waals surface area contributed by atoms with Crippen molar-refractivity contribution in [2.75, 3.05) is 0 Å². The maximum absolute atomic E-state index is 12.1. The van der Waals surface area contributed by atoms with E-state index in [9.17, 15) is 14.7 Å². The number of nitrogens with one attached hydrogen (secondary N) is 1. The molecule has 1 amide bonds. The lowest BCUT2D eigenvalue weighted by Gasteiger charge is -2.17. The van der Waals surface area contributed by atoms with Crippen molar-refractivity contribution in [1.82, 2.24) is 5.32 Å². The van der Waals surface area contributed by atoms with Crippen LogP contribution in [-0.4, -0.2) is 22.1 Å². The molecule has 1 aliphatic carbocycles. The molecule has 1 fully saturated rings. The standard InChI is InChI=1S/C15H19NO4/c1-9(10-3-2-4-13(17)8-10)16-14(18)11-5-6-12(7-11)15(19)20/h2-4,8-9,11-12,17H,5-7H2,1H3,(H,16,18)(H,19,20)/t9?,11-,12+/m1/s1. The summed E-state index contributed by atoms with van der Waals surface area (Å²) in [6.07, 6.45) is 1.59. The summed E-state index contributed by atoms with van der Waals surface area (Å²) in [5, 5.41) is 21.3. The van der Waals surface area contributed by atoms with Crippen molar-refractivity contribution in [1.29, 1.82) is 0 Å². The van der Waals surface area contributed by atoms with Gasteiger partial charge in [-0.3, -0.25) is 9.59 Å². The third-order valence-electron chi connectivity index (χ3n) is 3.88. The predicted molar refractivity (Wildman–Crippen MR) is 73.1 cm³/mol. The van der Waals surface area contributed by atoms with Crippen molar-refractivity contribution in [3.8, 4) is 5.75 Å². The Bertz CT molecular complexity index is 514. The summed E-state index contributed by atoms with van der Waals surface area (Å²) in [5.41, 5.74) is 0.825. The van der Waals surface area contributed by atoms with Crippen molar-refractivity contribution in [2.24, 2.45) is 11.8 Å². The molecule has 0 bridgehead atoms. The molecule has 1 saturated carbocycles. The SMILES string of the molecule is CC(NC(=O)[C@@H]1CC[C@H](C(=O)O)C1)c1cccc(O)c1. The number of hydrogen-bond acceptors (Lipinski definition) is 3. The highest BCUT2D eigenvalue weighted by Crippen LogP contribution is 2.31. The number of aliphatic carboxylic acids is 1. The molecular formula is C15H19NO4. The molecule has 0 aliphatic heterocycles. The minimum absolute atomic E-state index is 0.107. The lowest BCUT2D eigenvalue weighted by Crippen LogP contribution is -2.32. The highest BCUT2D eigenvalue weighted by Gasteiger charge is 2.34. The zero-order valence-corrected chi connectivity index (χ0v) is 11.4. The van der Waals surface area contributed by atoms with E-state index in [1.54, 1.807) is 18.2 Å². The van der Waals surface area contributed by atoms with E-state index in [0.717, 1.165) is 5.56 Å². The van der Waals surface area contributed by atoms with E-state index < -0.39 is 11.9 Å². The maximum atomic E-state index is 12.1. The van der Waals surface area contributed by atoms with Crippen molar-refractivity contribution >= 4 is 11.9 Å². The lowest BCUT2D eigenvalue weighted by atomic mass is 10.0.